The van der Waals surface area contributed by atoms with Crippen molar-refractivity contribution < 1.29 is 75.3 Å². The van der Waals surface area contributed by atoms with E-state index in [9.17, 15) is 37.8 Å². The van der Waals surface area contributed by atoms with Crippen LogP contribution >= 0.6 is 0 Å². The summed E-state index contributed by atoms with van der Waals surface area (Å²) < 4.78 is 92.4. The monoisotopic (exact) mass is 1020 g/mol. The Balaban J connectivity index is 0.691. The van der Waals surface area contributed by atoms with Crippen LogP contribution in [0.3, 0.4) is 0 Å². The molecule has 20 nitrogen and oxygen atoms in total. The van der Waals surface area contributed by atoms with Crippen molar-refractivity contribution in [2.75, 3.05) is 111 Å². The van der Waals surface area contributed by atoms with Crippen molar-refractivity contribution in [2.45, 2.75) is 51.4 Å². The van der Waals surface area contributed by atoms with Gasteiger partial charge in [0, 0.05) is 24.9 Å². The number of aryl methyl sites for hydroxylation is 1. The van der Waals surface area contributed by atoms with Gasteiger partial charge in [0.25, 0.3) is 5.91 Å². The molecule has 2 aromatic heterocycles. The Kier molecular flexibility index (Phi) is 20.9. The number of carbonyl (C=O) groups excluding carboxylic acids is 2. The molecular weight excluding hydrogens is 966 g/mol. The molecule has 73 heavy (non-hydrogen) atoms. The van der Waals surface area contributed by atoms with Gasteiger partial charge < -0.3 is 57.4 Å². The number of anilines is 1. The topological polar surface area (TPSA) is 240 Å². The van der Waals surface area contributed by atoms with E-state index in [4.69, 9.17) is 47.6 Å². The van der Waals surface area contributed by atoms with Crippen molar-refractivity contribution >= 4 is 28.6 Å². The van der Waals surface area contributed by atoms with Gasteiger partial charge in [-0.1, -0.05) is 17.3 Å². The van der Waals surface area contributed by atoms with Gasteiger partial charge in [0.15, 0.2) is 0 Å². The van der Waals surface area contributed by atoms with Crippen LogP contribution in [0.2, 0.25) is 0 Å². The van der Waals surface area contributed by atoms with E-state index in [-0.39, 0.29) is 53.5 Å². The molecule has 1 aliphatic heterocycles. The molecule has 394 valence electrons. The van der Waals surface area contributed by atoms with E-state index < -0.39 is 40.2 Å². The van der Waals surface area contributed by atoms with Gasteiger partial charge in [0.2, 0.25) is 5.43 Å². The van der Waals surface area contributed by atoms with E-state index in [0.717, 1.165) is 16.7 Å². The fourth-order valence-electron chi connectivity index (χ4n) is 7.51. The molecular formula is C50H59F3N6O14. The zero-order valence-corrected chi connectivity index (χ0v) is 40.6. The van der Waals surface area contributed by atoms with Crippen LogP contribution in [0.25, 0.3) is 22.1 Å². The average Bonchev–Trinajstić information content (AvgIpc) is 3.88. The van der Waals surface area contributed by atoms with Crippen LogP contribution < -0.4 is 15.1 Å². The lowest BCUT2D eigenvalue weighted by molar-refractivity contribution is -0.137. The Morgan fingerprint density at radius 1 is 0.726 bits per heavy atom. The van der Waals surface area contributed by atoms with Crippen molar-refractivity contribution in [3.05, 3.63) is 94.1 Å². The zero-order valence-electron chi connectivity index (χ0n) is 40.6. The van der Waals surface area contributed by atoms with Crippen LogP contribution in [0, 0.1) is 11.3 Å². The number of rotatable bonds is 32. The maximum absolute atomic E-state index is 13.6. The third-order valence-electron chi connectivity index (χ3n) is 11.4. The van der Waals surface area contributed by atoms with Crippen LogP contribution in [0.4, 0.5) is 23.7 Å². The fourth-order valence-corrected chi connectivity index (χ4v) is 7.51. The number of urea groups is 1. The molecule has 3 heterocycles. The standard InChI is InChI=1S/C50H59F3N6O14/c1-49(2)47(63)59(38-9-6-36(32-54)42(29-38)50(51,52)53)48(64)58(49)12-4-3-5-37-33-57(56-55-37)13-14-65-15-16-66-17-18-67-19-20-68-21-22-69-23-24-70-25-26-71-27-28-72-40-30-43(61)45-44(31-40)73-34-41(46(45)62)35-7-10-39(60)11-8-35/h6-11,29-31,33-34,60-61H,3-5,12-28H2,1-2H3. The highest BCUT2D eigenvalue weighted by Crippen LogP contribution is 2.38. The number of aromatic hydroxyl groups is 2. The summed E-state index contributed by atoms with van der Waals surface area (Å²) in [5.41, 5.74) is -2.04. The Morgan fingerprint density at radius 2 is 1.30 bits per heavy atom. The maximum Gasteiger partial charge on any atom is 0.417 e. The number of halogens is 3. The second-order valence-electron chi connectivity index (χ2n) is 16.9. The number of phenolic OH excluding ortho intramolecular Hbond substituents is 2. The first-order valence-electron chi connectivity index (χ1n) is 23.6. The number of unbranched alkanes of at least 4 members (excludes halogenated alkanes) is 1. The number of hydrogen-bond acceptors (Lipinski definition) is 17. The average molecular weight is 1030 g/mol. The molecule has 0 saturated carbocycles. The van der Waals surface area contributed by atoms with Crippen molar-refractivity contribution in [1.82, 2.24) is 19.9 Å². The number of aromatic nitrogens is 3. The predicted molar refractivity (Wildman–Crippen MR) is 255 cm³/mol. The summed E-state index contributed by atoms with van der Waals surface area (Å²) in [6, 6.07) is 12.5. The van der Waals surface area contributed by atoms with Gasteiger partial charge in [0.05, 0.1) is 133 Å². The fraction of sp³-hybridized carbons (Fsp3) is 0.480. The Hall–Kier alpha value is -6.65. The van der Waals surface area contributed by atoms with Crippen molar-refractivity contribution in [3.63, 3.8) is 0 Å². The molecule has 0 unspecified atom stereocenters. The number of fused-ring (bicyclic) bond motifs is 1. The van der Waals surface area contributed by atoms with E-state index >= 15 is 0 Å². The van der Waals surface area contributed by atoms with Crippen LogP contribution in [-0.4, -0.2) is 153 Å². The molecule has 0 aliphatic carbocycles. The molecule has 3 amide bonds. The summed E-state index contributed by atoms with van der Waals surface area (Å²) in [5.74, 6) is -0.542. The number of nitrogens with zero attached hydrogens (tertiary/aromatic N) is 6. The summed E-state index contributed by atoms with van der Waals surface area (Å²) in [6.07, 6.45) is -0.0501. The molecule has 5 aromatic rings. The van der Waals surface area contributed by atoms with Gasteiger partial charge in [-0.25, -0.2) is 14.4 Å². The number of ether oxygens (including phenoxy) is 8. The summed E-state index contributed by atoms with van der Waals surface area (Å²) in [5, 5.41) is 37.5. The second kappa shape index (κ2) is 27.4. The van der Waals surface area contributed by atoms with Crippen LogP contribution in [-0.2, 0) is 57.1 Å². The van der Waals surface area contributed by atoms with Crippen LogP contribution in [0.15, 0.2) is 76.3 Å². The predicted octanol–water partition coefficient (Wildman–Crippen LogP) is 6.12. The van der Waals surface area contributed by atoms with Gasteiger partial charge >= 0.3 is 12.2 Å². The lowest BCUT2D eigenvalue weighted by Crippen LogP contribution is -2.44. The van der Waals surface area contributed by atoms with Gasteiger partial charge in [-0.15, -0.1) is 5.10 Å². The highest BCUT2D eigenvalue weighted by molar-refractivity contribution is 6.23. The number of hydrogen-bond donors (Lipinski definition) is 2. The smallest absolute Gasteiger partial charge is 0.417 e. The number of benzene rings is 3. The van der Waals surface area contributed by atoms with Crippen LogP contribution in [0.5, 0.6) is 17.2 Å². The maximum atomic E-state index is 13.6. The van der Waals surface area contributed by atoms with Gasteiger partial charge in [0.1, 0.15) is 46.6 Å². The Morgan fingerprint density at radius 3 is 1.88 bits per heavy atom. The number of nitriles is 1. The molecule has 3 aromatic carbocycles. The molecule has 0 atom stereocenters. The summed E-state index contributed by atoms with van der Waals surface area (Å²) in [6.45, 7) is 9.37. The van der Waals surface area contributed by atoms with Gasteiger partial charge in [-0.2, -0.15) is 18.4 Å². The van der Waals surface area contributed by atoms with E-state index in [1.165, 1.54) is 47.6 Å². The third kappa shape index (κ3) is 15.9. The molecule has 2 N–H and O–H groups in total. The number of amides is 3. The first-order valence-corrected chi connectivity index (χ1v) is 23.6. The normalized spacial score (nSPS) is 13.6. The Labute approximate surface area is 418 Å². The van der Waals surface area contributed by atoms with Crippen LogP contribution in [0.1, 0.15) is 43.5 Å². The molecule has 0 spiro atoms. The zero-order chi connectivity index (χ0) is 52.2. The molecule has 1 aliphatic rings. The number of carbonyl (C=O) groups is 2. The van der Waals surface area contributed by atoms with E-state index in [1.807, 2.05) is 0 Å². The second-order valence-corrected chi connectivity index (χ2v) is 16.9. The number of imide groups is 1. The lowest BCUT2D eigenvalue weighted by atomic mass is 10.0. The van der Waals surface area contributed by atoms with E-state index in [2.05, 4.69) is 10.3 Å². The van der Waals surface area contributed by atoms with Crippen molar-refractivity contribution in [3.8, 4) is 34.4 Å². The van der Waals surface area contributed by atoms with Gasteiger partial charge in [-0.3, -0.25) is 9.59 Å². The molecule has 0 bridgehead atoms. The summed E-state index contributed by atoms with van der Waals surface area (Å²) >= 11 is 0. The molecule has 0 radical (unpaired) electrons. The third-order valence-corrected chi connectivity index (χ3v) is 11.4. The SMILES string of the molecule is CC1(C)C(=O)N(c2ccc(C#N)c(C(F)(F)F)c2)C(=O)N1CCCCc1cn(CCOCCOCCOCCOCCOCCOCCOCCOc2cc(O)c3c(=O)c(-c4ccc(O)cc4)coc3c2)nn1. The minimum atomic E-state index is -4.84. The van der Waals surface area contributed by atoms with E-state index in [1.54, 1.807) is 36.9 Å². The minimum absolute atomic E-state index is 0.0313. The first-order chi connectivity index (χ1) is 35.2. The molecule has 1 saturated heterocycles. The lowest BCUT2D eigenvalue weighted by Gasteiger charge is -2.27. The van der Waals surface area contributed by atoms with E-state index in [0.29, 0.717) is 129 Å². The Bertz CT molecular complexity index is 2670. The highest BCUT2D eigenvalue weighted by atomic mass is 19.4. The van der Waals surface area contributed by atoms with Crippen molar-refractivity contribution in [2.24, 2.45) is 0 Å². The summed E-state index contributed by atoms with van der Waals surface area (Å²) in [7, 11) is 0. The number of phenols is 2. The van der Waals surface area contributed by atoms with Gasteiger partial charge in [-0.05, 0) is 69.0 Å². The molecule has 1 fully saturated rings. The summed E-state index contributed by atoms with van der Waals surface area (Å²) in [4.78, 5) is 41.6. The largest absolute Gasteiger partial charge is 0.508 e. The molecule has 23 heteroatoms. The minimum Gasteiger partial charge on any atom is -0.508 e. The highest BCUT2D eigenvalue weighted by Gasteiger charge is 2.52. The molecule has 6 rings (SSSR count). The first kappa shape index (κ1) is 55.7. The number of alkyl halides is 3. The quantitative estimate of drug-likeness (QED) is 0.0364. The van der Waals surface area contributed by atoms with Crippen molar-refractivity contribution in [1.29, 1.82) is 5.26 Å².